The zero-order valence-corrected chi connectivity index (χ0v) is 15.2. The van der Waals surface area contributed by atoms with Gasteiger partial charge in [-0.25, -0.2) is 5.43 Å². The predicted octanol–water partition coefficient (Wildman–Crippen LogP) is 3.65. The summed E-state index contributed by atoms with van der Waals surface area (Å²) in [6.07, 6.45) is 2.27. The summed E-state index contributed by atoms with van der Waals surface area (Å²) in [6.45, 7) is 6.55. The second kappa shape index (κ2) is 6.83. The molecule has 0 radical (unpaired) electrons. The minimum absolute atomic E-state index is 0.0548. The monoisotopic (exact) mass is 352 g/mol. The Labute approximate surface area is 153 Å². The number of hydrogen-bond acceptors (Lipinski definition) is 4. The smallest absolute Gasteiger partial charge is 0.243 e. The molecule has 0 aromatic heterocycles. The van der Waals surface area contributed by atoms with Gasteiger partial charge in [-0.15, -0.1) is 0 Å². The van der Waals surface area contributed by atoms with Crippen LogP contribution in [-0.2, 0) is 10.2 Å². The number of benzene rings is 2. The van der Waals surface area contributed by atoms with Crippen LogP contribution in [-0.4, -0.2) is 22.3 Å². The summed E-state index contributed by atoms with van der Waals surface area (Å²) in [7, 11) is 0. The zero-order valence-electron chi connectivity index (χ0n) is 15.2. The van der Waals surface area contributed by atoms with E-state index in [0.29, 0.717) is 5.56 Å². The number of aromatic hydroxyl groups is 2. The van der Waals surface area contributed by atoms with Crippen LogP contribution in [0.25, 0.3) is 0 Å². The van der Waals surface area contributed by atoms with Gasteiger partial charge in [0, 0.05) is 5.92 Å². The van der Waals surface area contributed by atoms with Gasteiger partial charge in [0.1, 0.15) is 0 Å². The molecule has 0 unspecified atom stereocenters. The molecule has 5 heteroatoms. The van der Waals surface area contributed by atoms with E-state index in [9.17, 15) is 15.0 Å². The van der Waals surface area contributed by atoms with E-state index in [1.165, 1.54) is 29.5 Å². The van der Waals surface area contributed by atoms with Gasteiger partial charge in [-0.05, 0) is 52.6 Å². The lowest BCUT2D eigenvalue weighted by Gasteiger charge is -2.19. The van der Waals surface area contributed by atoms with E-state index in [0.717, 1.165) is 6.42 Å². The fourth-order valence-corrected chi connectivity index (χ4v) is 2.96. The summed E-state index contributed by atoms with van der Waals surface area (Å²) in [4.78, 5) is 12.2. The molecule has 1 aliphatic rings. The first-order valence-corrected chi connectivity index (χ1v) is 8.71. The number of hydrazone groups is 1. The van der Waals surface area contributed by atoms with Crippen LogP contribution in [0.4, 0.5) is 0 Å². The topological polar surface area (TPSA) is 81.9 Å². The number of hydrogen-bond donors (Lipinski definition) is 3. The molecule has 0 bridgehead atoms. The molecule has 2 aromatic carbocycles. The van der Waals surface area contributed by atoms with Crippen LogP contribution >= 0.6 is 0 Å². The summed E-state index contributed by atoms with van der Waals surface area (Å²) < 4.78 is 0. The zero-order chi connectivity index (χ0) is 18.9. The Morgan fingerprint density at radius 3 is 2.42 bits per heavy atom. The first-order valence-electron chi connectivity index (χ1n) is 8.71. The highest BCUT2D eigenvalue weighted by molar-refractivity contribution is 5.86. The maximum atomic E-state index is 12.2. The van der Waals surface area contributed by atoms with Crippen LogP contribution in [0.3, 0.4) is 0 Å². The highest BCUT2D eigenvalue weighted by atomic mass is 16.3. The SMILES string of the molecule is CC(C)(C)c1ccc([C@H]2C[C@@H]2C(=O)N/N=C/c2ccc(O)c(O)c2)cc1. The molecular weight excluding hydrogens is 328 g/mol. The third kappa shape index (κ3) is 4.04. The highest BCUT2D eigenvalue weighted by Gasteiger charge is 2.43. The van der Waals surface area contributed by atoms with Gasteiger partial charge in [0.2, 0.25) is 5.91 Å². The fraction of sp³-hybridized carbons (Fsp3) is 0.333. The van der Waals surface area contributed by atoms with Crippen LogP contribution in [0.5, 0.6) is 11.5 Å². The number of phenolic OH excluding ortho intramolecular Hbond substituents is 2. The van der Waals surface area contributed by atoms with Gasteiger partial charge < -0.3 is 10.2 Å². The molecule has 0 aliphatic heterocycles. The van der Waals surface area contributed by atoms with Crippen molar-refractivity contribution < 1.29 is 15.0 Å². The standard InChI is InChI=1S/C21H24N2O3/c1-21(2,3)15-7-5-14(6-8-15)16-11-17(16)20(26)23-22-12-13-4-9-18(24)19(25)10-13/h4-10,12,16-17,24-25H,11H2,1-3H3,(H,23,26)/b22-12+/t16-,17+/m1/s1. The van der Waals surface area contributed by atoms with Crippen molar-refractivity contribution in [1.29, 1.82) is 0 Å². The molecule has 3 rings (SSSR count). The number of rotatable bonds is 4. The van der Waals surface area contributed by atoms with E-state index < -0.39 is 0 Å². The summed E-state index contributed by atoms with van der Waals surface area (Å²) in [5, 5.41) is 22.6. The number of amides is 1. The molecule has 1 amide bonds. The third-order valence-electron chi connectivity index (χ3n) is 4.72. The van der Waals surface area contributed by atoms with E-state index in [1.54, 1.807) is 6.07 Å². The van der Waals surface area contributed by atoms with E-state index in [-0.39, 0.29) is 34.7 Å². The van der Waals surface area contributed by atoms with Crippen LogP contribution in [0, 0.1) is 5.92 Å². The summed E-state index contributed by atoms with van der Waals surface area (Å²) in [6, 6.07) is 12.8. The van der Waals surface area contributed by atoms with Gasteiger partial charge in [0.25, 0.3) is 0 Å². The van der Waals surface area contributed by atoms with Crippen molar-refractivity contribution in [3.63, 3.8) is 0 Å². The van der Waals surface area contributed by atoms with Gasteiger partial charge in [0.05, 0.1) is 6.21 Å². The van der Waals surface area contributed by atoms with Gasteiger partial charge in [-0.3, -0.25) is 4.79 Å². The average molecular weight is 352 g/mol. The molecule has 0 saturated heterocycles. The predicted molar refractivity (Wildman–Crippen MR) is 101 cm³/mol. The first-order chi connectivity index (χ1) is 12.3. The molecule has 3 N–H and O–H groups in total. The van der Waals surface area contributed by atoms with Crippen molar-refractivity contribution in [2.75, 3.05) is 0 Å². The Bertz CT molecular complexity index is 835. The number of nitrogens with one attached hydrogen (secondary N) is 1. The Kier molecular flexibility index (Phi) is 4.72. The Balaban J connectivity index is 1.55. The van der Waals surface area contributed by atoms with Crippen molar-refractivity contribution in [2.24, 2.45) is 11.0 Å². The van der Waals surface area contributed by atoms with E-state index in [2.05, 4.69) is 55.6 Å². The van der Waals surface area contributed by atoms with Gasteiger partial charge >= 0.3 is 0 Å². The Morgan fingerprint density at radius 1 is 1.12 bits per heavy atom. The number of nitrogens with zero attached hydrogens (tertiary/aromatic N) is 1. The number of phenols is 2. The quantitative estimate of drug-likeness (QED) is 0.446. The van der Waals surface area contributed by atoms with Crippen molar-refractivity contribution in [1.82, 2.24) is 5.43 Å². The lowest BCUT2D eigenvalue weighted by Crippen LogP contribution is -2.20. The Morgan fingerprint density at radius 2 is 1.81 bits per heavy atom. The highest BCUT2D eigenvalue weighted by Crippen LogP contribution is 2.47. The van der Waals surface area contributed by atoms with Gasteiger partial charge in [-0.2, -0.15) is 5.10 Å². The summed E-state index contributed by atoms with van der Waals surface area (Å²) >= 11 is 0. The minimum atomic E-state index is -0.221. The molecule has 0 spiro atoms. The molecular formula is C21H24N2O3. The van der Waals surface area contributed by atoms with E-state index >= 15 is 0 Å². The first kappa shape index (κ1) is 18.0. The Hall–Kier alpha value is -2.82. The maximum Gasteiger partial charge on any atom is 0.243 e. The van der Waals surface area contributed by atoms with Crippen LogP contribution in [0.15, 0.2) is 47.6 Å². The molecule has 5 nitrogen and oxygen atoms in total. The summed E-state index contributed by atoms with van der Waals surface area (Å²) in [5.74, 6) is -0.322. The fourth-order valence-electron chi connectivity index (χ4n) is 2.96. The molecule has 1 fully saturated rings. The van der Waals surface area contributed by atoms with E-state index in [4.69, 9.17) is 0 Å². The number of carbonyl (C=O) groups is 1. The van der Waals surface area contributed by atoms with E-state index in [1.807, 2.05) is 0 Å². The molecule has 136 valence electrons. The minimum Gasteiger partial charge on any atom is -0.504 e. The van der Waals surface area contributed by atoms with Crippen molar-refractivity contribution in [2.45, 2.75) is 38.5 Å². The normalized spacial score (nSPS) is 19.5. The molecule has 2 atom stereocenters. The molecule has 1 saturated carbocycles. The second-order valence-corrected chi connectivity index (χ2v) is 7.80. The van der Waals surface area contributed by atoms with Crippen molar-refractivity contribution >= 4 is 12.1 Å². The van der Waals surface area contributed by atoms with Gasteiger partial charge in [0.15, 0.2) is 11.5 Å². The lowest BCUT2D eigenvalue weighted by atomic mass is 9.86. The second-order valence-electron chi connectivity index (χ2n) is 7.80. The van der Waals surface area contributed by atoms with Crippen LogP contribution in [0.1, 0.15) is 49.8 Å². The largest absolute Gasteiger partial charge is 0.504 e. The number of carbonyl (C=O) groups excluding carboxylic acids is 1. The average Bonchev–Trinajstić information content (AvgIpc) is 3.38. The van der Waals surface area contributed by atoms with Crippen molar-refractivity contribution in [3.05, 3.63) is 59.2 Å². The maximum absolute atomic E-state index is 12.2. The van der Waals surface area contributed by atoms with Crippen LogP contribution in [0.2, 0.25) is 0 Å². The third-order valence-corrected chi connectivity index (χ3v) is 4.72. The molecule has 26 heavy (non-hydrogen) atoms. The van der Waals surface area contributed by atoms with Crippen molar-refractivity contribution in [3.8, 4) is 11.5 Å². The summed E-state index contributed by atoms with van der Waals surface area (Å²) in [5.41, 5.74) is 5.73. The molecule has 0 heterocycles. The molecule has 2 aromatic rings. The lowest BCUT2D eigenvalue weighted by molar-refractivity contribution is -0.122. The van der Waals surface area contributed by atoms with Crippen LogP contribution < -0.4 is 5.43 Å². The van der Waals surface area contributed by atoms with Gasteiger partial charge in [-0.1, -0.05) is 45.0 Å². The molecule has 1 aliphatic carbocycles.